The zero-order valence-corrected chi connectivity index (χ0v) is 10.00. The first-order valence-corrected chi connectivity index (χ1v) is 5.77. The Kier molecular flexibility index (Phi) is 3.86. The van der Waals surface area contributed by atoms with E-state index in [1.54, 1.807) is 0 Å². The second-order valence-electron chi connectivity index (χ2n) is 3.50. The van der Waals surface area contributed by atoms with Gasteiger partial charge in [0.1, 0.15) is 0 Å². The summed E-state index contributed by atoms with van der Waals surface area (Å²) >= 11 is 24.4. The van der Waals surface area contributed by atoms with Crippen LogP contribution in [0.15, 0.2) is 0 Å². The van der Waals surface area contributed by atoms with E-state index in [0.29, 0.717) is 0 Å². The summed E-state index contributed by atoms with van der Waals surface area (Å²) in [5.41, 5.74) is 0. The molecule has 72 valence electrons. The monoisotopic (exact) mass is 248 g/mol. The molecule has 0 heterocycles. The summed E-state index contributed by atoms with van der Waals surface area (Å²) in [6, 6.07) is 0. The molecule has 12 heavy (non-hydrogen) atoms. The van der Waals surface area contributed by atoms with Crippen molar-refractivity contribution in [3.05, 3.63) is 0 Å². The van der Waals surface area contributed by atoms with E-state index in [-0.39, 0.29) is 33.3 Å². The molecule has 0 radical (unpaired) electrons. The molecule has 1 rings (SSSR count). The molecule has 0 nitrogen and oxygen atoms in total. The highest BCUT2D eigenvalue weighted by molar-refractivity contribution is 6.35. The van der Waals surface area contributed by atoms with Crippen molar-refractivity contribution >= 4 is 46.4 Å². The van der Waals surface area contributed by atoms with Gasteiger partial charge < -0.3 is 0 Å². The van der Waals surface area contributed by atoms with E-state index in [9.17, 15) is 0 Å². The molecule has 0 aliphatic heterocycles. The molecule has 0 N–H and O–H groups in total. The maximum atomic E-state index is 6.10. The van der Waals surface area contributed by atoms with E-state index in [1.807, 2.05) is 13.8 Å². The molecule has 0 aromatic rings. The van der Waals surface area contributed by atoms with Gasteiger partial charge >= 0.3 is 0 Å². The average molecular weight is 250 g/mol. The molecule has 2 unspecified atom stereocenters. The van der Waals surface area contributed by atoms with E-state index in [0.717, 1.165) is 0 Å². The molecule has 0 aromatic heterocycles. The summed E-state index contributed by atoms with van der Waals surface area (Å²) < 4.78 is 0. The van der Waals surface area contributed by atoms with E-state index < -0.39 is 0 Å². The molecule has 0 aromatic carbocycles. The van der Waals surface area contributed by atoms with Gasteiger partial charge in [0.2, 0.25) is 0 Å². The van der Waals surface area contributed by atoms with Gasteiger partial charge in [-0.25, -0.2) is 0 Å². The van der Waals surface area contributed by atoms with Gasteiger partial charge in [-0.3, -0.25) is 0 Å². The van der Waals surface area contributed by atoms with Crippen LogP contribution in [0.3, 0.4) is 0 Å². The van der Waals surface area contributed by atoms with E-state index in [1.165, 1.54) is 0 Å². The fraction of sp³-hybridized carbons (Fsp3) is 1.00. The summed E-state index contributed by atoms with van der Waals surface area (Å²) in [6.45, 7) is 3.98. The zero-order chi connectivity index (χ0) is 9.46. The Balaban J connectivity index is 2.76. The normalized spacial score (nSPS) is 55.5. The average Bonchev–Trinajstić information content (AvgIpc) is 2.08. The molecule has 1 aliphatic carbocycles. The van der Waals surface area contributed by atoms with Crippen molar-refractivity contribution in [2.45, 2.75) is 35.4 Å². The highest BCUT2D eigenvalue weighted by atomic mass is 35.5. The lowest BCUT2D eigenvalue weighted by molar-refractivity contribution is 0.333. The molecule has 0 bridgehead atoms. The van der Waals surface area contributed by atoms with Gasteiger partial charge in [-0.05, 0) is 11.8 Å². The van der Waals surface area contributed by atoms with Crippen LogP contribution in [-0.2, 0) is 0 Å². The van der Waals surface area contributed by atoms with Crippen molar-refractivity contribution in [2.75, 3.05) is 0 Å². The number of hydrogen-bond donors (Lipinski definition) is 0. The molecule has 1 fully saturated rings. The summed E-state index contributed by atoms with van der Waals surface area (Å²) in [7, 11) is 0. The van der Waals surface area contributed by atoms with E-state index in [2.05, 4.69) is 0 Å². The van der Waals surface area contributed by atoms with Crippen molar-refractivity contribution < 1.29 is 0 Å². The largest absolute Gasteiger partial charge is 0.121 e. The van der Waals surface area contributed by atoms with Gasteiger partial charge in [0.25, 0.3) is 0 Å². The highest BCUT2D eigenvalue weighted by Crippen LogP contribution is 2.41. The number of alkyl halides is 4. The topological polar surface area (TPSA) is 0 Å². The molecule has 0 spiro atoms. The Morgan fingerprint density at radius 3 is 0.917 bits per heavy atom. The lowest BCUT2D eigenvalue weighted by Crippen LogP contribution is -2.47. The predicted molar refractivity (Wildman–Crippen MR) is 56.9 cm³/mol. The van der Waals surface area contributed by atoms with Gasteiger partial charge in [-0.15, -0.1) is 46.4 Å². The first-order valence-electron chi connectivity index (χ1n) is 4.03. The first kappa shape index (κ1) is 11.2. The fourth-order valence-electron chi connectivity index (χ4n) is 1.51. The van der Waals surface area contributed by atoms with Crippen LogP contribution in [0.1, 0.15) is 13.8 Å². The molecule has 0 saturated heterocycles. The summed E-state index contributed by atoms with van der Waals surface area (Å²) in [4.78, 5) is 0. The Morgan fingerprint density at radius 1 is 0.583 bits per heavy atom. The standard InChI is InChI=1S/C8H12Cl4/c1-3-5(9)7(11)4(2)8(12)6(3)10/h3-8H,1-2H3/t3?,4?,5-,6+,7+,8-. The number of rotatable bonds is 0. The van der Waals surface area contributed by atoms with Crippen molar-refractivity contribution in [2.24, 2.45) is 11.8 Å². The Morgan fingerprint density at radius 2 is 0.750 bits per heavy atom. The van der Waals surface area contributed by atoms with Crippen LogP contribution in [-0.4, -0.2) is 21.5 Å². The summed E-state index contributed by atoms with van der Waals surface area (Å²) in [6.07, 6.45) is 0. The second-order valence-corrected chi connectivity index (χ2v) is 5.51. The maximum Gasteiger partial charge on any atom is 0.0543 e. The van der Waals surface area contributed by atoms with Gasteiger partial charge in [0, 0.05) is 0 Å². The molecule has 0 amide bonds. The van der Waals surface area contributed by atoms with Crippen LogP contribution >= 0.6 is 46.4 Å². The number of hydrogen-bond acceptors (Lipinski definition) is 0. The minimum atomic E-state index is -0.0702. The zero-order valence-electron chi connectivity index (χ0n) is 6.98. The smallest absolute Gasteiger partial charge is 0.0543 e. The second kappa shape index (κ2) is 4.13. The molecule has 6 atom stereocenters. The van der Waals surface area contributed by atoms with Gasteiger partial charge in [-0.2, -0.15) is 0 Å². The third kappa shape index (κ3) is 1.82. The predicted octanol–water partition coefficient (Wildman–Crippen LogP) is 3.70. The van der Waals surface area contributed by atoms with Crippen molar-refractivity contribution in [1.82, 2.24) is 0 Å². The minimum absolute atomic E-state index is 0.0702. The van der Waals surface area contributed by atoms with Crippen LogP contribution in [0.25, 0.3) is 0 Å². The van der Waals surface area contributed by atoms with Crippen molar-refractivity contribution in [3.63, 3.8) is 0 Å². The quantitative estimate of drug-likeness (QED) is 0.575. The first-order chi connectivity index (χ1) is 5.46. The van der Waals surface area contributed by atoms with Gasteiger partial charge in [-0.1, -0.05) is 13.8 Å². The van der Waals surface area contributed by atoms with Gasteiger partial charge in [0.05, 0.1) is 21.5 Å². The Labute approximate surface area is 93.5 Å². The van der Waals surface area contributed by atoms with Crippen LogP contribution in [0.5, 0.6) is 0 Å². The van der Waals surface area contributed by atoms with Crippen LogP contribution < -0.4 is 0 Å². The fourth-order valence-corrected chi connectivity index (χ4v) is 3.20. The van der Waals surface area contributed by atoms with Crippen LogP contribution in [0.2, 0.25) is 0 Å². The van der Waals surface area contributed by atoms with E-state index >= 15 is 0 Å². The van der Waals surface area contributed by atoms with E-state index in [4.69, 9.17) is 46.4 Å². The lowest BCUT2D eigenvalue weighted by Gasteiger charge is -2.40. The molecular weight excluding hydrogens is 238 g/mol. The summed E-state index contributed by atoms with van der Waals surface area (Å²) in [5.74, 6) is 0.351. The Hall–Kier alpha value is 1.16. The van der Waals surface area contributed by atoms with Crippen molar-refractivity contribution in [1.29, 1.82) is 0 Å². The number of halogens is 4. The minimum Gasteiger partial charge on any atom is -0.121 e. The van der Waals surface area contributed by atoms with Crippen LogP contribution in [0, 0.1) is 11.8 Å². The summed E-state index contributed by atoms with van der Waals surface area (Å²) in [5, 5.41) is -0.281. The van der Waals surface area contributed by atoms with Gasteiger partial charge in [0.15, 0.2) is 0 Å². The molecule has 1 saturated carbocycles. The molecular formula is C8H12Cl4. The lowest BCUT2D eigenvalue weighted by atomic mass is 9.82. The SMILES string of the molecule is CC1[C@@H](Cl)[C@@H](Cl)C(C)[C@@H](Cl)[C@H]1Cl. The molecule has 4 heteroatoms. The third-order valence-electron chi connectivity index (χ3n) is 2.62. The van der Waals surface area contributed by atoms with Crippen LogP contribution in [0.4, 0.5) is 0 Å². The Bertz CT molecular complexity index is 103. The highest BCUT2D eigenvalue weighted by Gasteiger charge is 2.44. The molecule has 1 aliphatic rings. The van der Waals surface area contributed by atoms with Crippen molar-refractivity contribution in [3.8, 4) is 0 Å². The third-order valence-corrected chi connectivity index (χ3v) is 5.55. The maximum absolute atomic E-state index is 6.10.